The van der Waals surface area contributed by atoms with Crippen LogP contribution in [0.25, 0.3) is 0 Å². The maximum atomic E-state index is 10.7. The minimum atomic E-state index is -2.57. The van der Waals surface area contributed by atoms with E-state index < -0.39 is 9.84 Å². The molecule has 2 rings (SSSR count). The van der Waals surface area contributed by atoms with Crippen molar-refractivity contribution in [3.63, 3.8) is 0 Å². The van der Waals surface area contributed by atoms with Gasteiger partial charge >= 0.3 is 0 Å². The summed E-state index contributed by atoms with van der Waals surface area (Å²) < 4.78 is 21.5. The third kappa shape index (κ3) is 0.953. The van der Waals surface area contributed by atoms with Crippen molar-refractivity contribution in [2.45, 2.75) is 0 Å². The molecular weight excluding hydrogens is 150 g/mol. The lowest BCUT2D eigenvalue weighted by molar-refractivity contribution is -0.725. The molecule has 0 amide bonds. The predicted molar refractivity (Wildman–Crippen MR) is 37.3 cm³/mol. The summed E-state index contributed by atoms with van der Waals surface area (Å²) in [5, 5.41) is 2.23. The Labute approximate surface area is 60.7 Å². The van der Waals surface area contributed by atoms with Gasteiger partial charge in [0.25, 0.3) is 0 Å². The van der Waals surface area contributed by atoms with Gasteiger partial charge in [-0.25, -0.2) is 8.42 Å². The molecule has 0 bridgehead atoms. The normalized spacial score (nSPS) is 32.8. The van der Waals surface area contributed by atoms with E-state index in [1.165, 1.54) is 0 Å². The van der Waals surface area contributed by atoms with E-state index in [1.54, 1.807) is 0 Å². The van der Waals surface area contributed by atoms with E-state index in [0.29, 0.717) is 23.3 Å². The molecule has 3 nitrogen and oxygen atoms in total. The summed E-state index contributed by atoms with van der Waals surface area (Å²) >= 11 is 0. The maximum absolute atomic E-state index is 10.7. The second-order valence-electron chi connectivity index (χ2n) is 3.36. The number of rotatable bonds is 1. The summed E-state index contributed by atoms with van der Waals surface area (Å²) in [7, 11) is -2.57. The maximum Gasteiger partial charge on any atom is 0.150 e. The minimum absolute atomic E-state index is 0.464. The van der Waals surface area contributed by atoms with E-state index in [-0.39, 0.29) is 0 Å². The van der Waals surface area contributed by atoms with Gasteiger partial charge in [-0.2, -0.15) is 0 Å². The first kappa shape index (κ1) is 6.61. The van der Waals surface area contributed by atoms with E-state index in [9.17, 15) is 8.42 Å². The molecule has 0 atom stereocenters. The molecular formula is C6H12NO2S+. The molecule has 2 N–H and O–H groups in total. The van der Waals surface area contributed by atoms with Crippen LogP contribution in [0.5, 0.6) is 0 Å². The molecule has 2 saturated heterocycles. The van der Waals surface area contributed by atoms with Crippen molar-refractivity contribution in [1.82, 2.24) is 0 Å². The quantitative estimate of drug-likeness (QED) is 0.496. The average molecular weight is 162 g/mol. The highest BCUT2D eigenvalue weighted by molar-refractivity contribution is 7.92. The van der Waals surface area contributed by atoms with Gasteiger partial charge in [-0.1, -0.05) is 0 Å². The summed E-state index contributed by atoms with van der Waals surface area (Å²) in [6.45, 7) is 2.31. The molecule has 10 heavy (non-hydrogen) atoms. The van der Waals surface area contributed by atoms with Crippen LogP contribution >= 0.6 is 0 Å². The molecule has 0 aromatic rings. The molecule has 2 aliphatic rings. The smallest absolute Gasteiger partial charge is 0.150 e. The van der Waals surface area contributed by atoms with Gasteiger partial charge in [-0.3, -0.25) is 0 Å². The fourth-order valence-electron chi connectivity index (χ4n) is 1.62. The number of hydrogen-bond donors (Lipinski definition) is 1. The van der Waals surface area contributed by atoms with Gasteiger partial charge in [0.2, 0.25) is 0 Å². The van der Waals surface area contributed by atoms with E-state index in [2.05, 4.69) is 5.32 Å². The lowest BCUT2D eigenvalue weighted by Gasteiger charge is -2.36. The largest absolute Gasteiger partial charge is 0.345 e. The molecule has 0 aromatic heterocycles. The van der Waals surface area contributed by atoms with Gasteiger partial charge in [0.1, 0.15) is 0 Å². The van der Waals surface area contributed by atoms with Crippen LogP contribution in [0.1, 0.15) is 0 Å². The van der Waals surface area contributed by atoms with Crippen molar-refractivity contribution in [2.75, 3.05) is 24.6 Å². The van der Waals surface area contributed by atoms with Crippen LogP contribution in [-0.4, -0.2) is 33.0 Å². The minimum Gasteiger partial charge on any atom is -0.345 e. The van der Waals surface area contributed by atoms with Crippen LogP contribution in [0.4, 0.5) is 0 Å². The third-order valence-electron chi connectivity index (χ3n) is 2.54. The molecule has 2 aliphatic heterocycles. The van der Waals surface area contributed by atoms with E-state index >= 15 is 0 Å². The standard InChI is InChI=1S/C6H11NO2S/c8-10(9)3-6(4-10)5-1-7-2-5/h5-7H,1-4H2/p+1. The van der Waals surface area contributed by atoms with E-state index in [0.717, 1.165) is 13.1 Å². The summed E-state index contributed by atoms with van der Waals surface area (Å²) in [5.74, 6) is 2.15. The zero-order valence-corrected chi connectivity index (χ0v) is 6.60. The van der Waals surface area contributed by atoms with Crippen molar-refractivity contribution in [3.8, 4) is 0 Å². The first-order valence-electron chi connectivity index (χ1n) is 3.69. The van der Waals surface area contributed by atoms with Crippen LogP contribution in [0.3, 0.4) is 0 Å². The average Bonchev–Trinajstić information content (AvgIpc) is 1.54. The van der Waals surface area contributed by atoms with Crippen molar-refractivity contribution >= 4 is 9.84 Å². The van der Waals surface area contributed by atoms with Crippen LogP contribution < -0.4 is 5.32 Å². The Morgan fingerprint density at radius 3 is 2.00 bits per heavy atom. The number of quaternary nitrogens is 1. The summed E-state index contributed by atoms with van der Waals surface area (Å²) in [6.07, 6.45) is 0. The van der Waals surface area contributed by atoms with Gasteiger partial charge in [0, 0.05) is 5.92 Å². The SMILES string of the molecule is O=S1(=O)CC(C2C[NH2+]C2)C1. The van der Waals surface area contributed by atoms with E-state index in [4.69, 9.17) is 0 Å². The van der Waals surface area contributed by atoms with Gasteiger partial charge < -0.3 is 5.32 Å². The number of sulfone groups is 1. The molecule has 0 spiro atoms. The van der Waals surface area contributed by atoms with Crippen LogP contribution in [-0.2, 0) is 9.84 Å². The van der Waals surface area contributed by atoms with Crippen molar-refractivity contribution in [3.05, 3.63) is 0 Å². The monoisotopic (exact) mass is 162 g/mol. The molecule has 0 radical (unpaired) electrons. The Morgan fingerprint density at radius 2 is 1.70 bits per heavy atom. The Balaban J connectivity index is 1.90. The molecule has 58 valence electrons. The number of hydrogen-bond acceptors (Lipinski definition) is 2. The Kier molecular flexibility index (Phi) is 1.29. The van der Waals surface area contributed by atoms with Gasteiger partial charge in [0.15, 0.2) is 9.84 Å². The van der Waals surface area contributed by atoms with Gasteiger partial charge in [0.05, 0.1) is 30.5 Å². The highest BCUT2D eigenvalue weighted by atomic mass is 32.2. The molecule has 0 saturated carbocycles. The first-order valence-corrected chi connectivity index (χ1v) is 5.51. The highest BCUT2D eigenvalue weighted by Gasteiger charge is 2.43. The van der Waals surface area contributed by atoms with Crippen LogP contribution in [0.15, 0.2) is 0 Å². The van der Waals surface area contributed by atoms with Gasteiger partial charge in [-0.15, -0.1) is 0 Å². The summed E-state index contributed by atoms with van der Waals surface area (Å²) in [5.41, 5.74) is 0. The van der Waals surface area contributed by atoms with E-state index in [1.807, 2.05) is 0 Å². The Bertz CT molecular complexity index is 218. The van der Waals surface area contributed by atoms with Crippen LogP contribution in [0.2, 0.25) is 0 Å². The number of nitrogens with two attached hydrogens (primary N) is 1. The predicted octanol–water partition coefficient (Wildman–Crippen LogP) is -1.78. The zero-order valence-electron chi connectivity index (χ0n) is 5.79. The molecule has 4 heteroatoms. The van der Waals surface area contributed by atoms with Gasteiger partial charge in [-0.05, 0) is 0 Å². The fourth-order valence-corrected chi connectivity index (χ4v) is 3.37. The van der Waals surface area contributed by atoms with Crippen LogP contribution in [0, 0.1) is 11.8 Å². The molecule has 0 aromatic carbocycles. The van der Waals surface area contributed by atoms with Crippen molar-refractivity contribution in [1.29, 1.82) is 0 Å². The fraction of sp³-hybridized carbons (Fsp3) is 1.00. The molecule has 2 heterocycles. The molecule has 0 aliphatic carbocycles. The third-order valence-corrected chi connectivity index (χ3v) is 4.41. The molecule has 2 fully saturated rings. The zero-order chi connectivity index (χ0) is 7.19. The Morgan fingerprint density at radius 1 is 1.10 bits per heavy atom. The lowest BCUT2D eigenvalue weighted by Crippen LogP contribution is -2.97. The highest BCUT2D eigenvalue weighted by Crippen LogP contribution is 2.26. The topological polar surface area (TPSA) is 50.8 Å². The molecule has 0 unspecified atom stereocenters. The summed E-state index contributed by atoms with van der Waals surface area (Å²) in [6, 6.07) is 0. The van der Waals surface area contributed by atoms with Crippen molar-refractivity contribution in [2.24, 2.45) is 11.8 Å². The lowest BCUT2D eigenvalue weighted by atomic mass is 9.90. The Hall–Kier alpha value is -0.0900. The summed E-state index contributed by atoms with van der Waals surface area (Å²) in [4.78, 5) is 0. The van der Waals surface area contributed by atoms with Crippen molar-refractivity contribution < 1.29 is 13.7 Å². The second-order valence-corrected chi connectivity index (χ2v) is 5.51. The first-order chi connectivity index (χ1) is 4.67. The second kappa shape index (κ2) is 1.95.